The van der Waals surface area contributed by atoms with Crippen molar-refractivity contribution in [2.45, 2.75) is 0 Å². The standard InChI is InChI=1S/C42H26S.C40H26.C34H22/c1-2-12-28(13-3-1)40-33-15-6-7-16-34(33)41(31-22-21-27-11-4-5-14-29(27)25-31)37-26-30(23-24-35(37)40)32-18-10-20-39-42(32)36-17-8-9-19-38(36)43-39;1-2-12-31-26-32(25-22-27(31)10-1)28-20-23-30(24-21-28)39-35-15-5-7-17-37(35)40(38-18-8-6-16-36(38)39)34-19-9-13-29-11-3-4-14-33(29)34;1-2-12-25-22-26(21-20-23(25)10-1)33-29-15-5-7-17-31(29)34(32-18-8-6-16-30(32)33)28-19-9-13-24-11-3-4-14-27(24)28/h1-26H;1-26H;1-22H. The third-order valence-corrected chi connectivity index (χ3v) is 25.2. The van der Waals surface area contributed by atoms with Crippen LogP contribution in [0.3, 0.4) is 0 Å². The highest BCUT2D eigenvalue weighted by atomic mass is 32.1. The Morgan fingerprint density at radius 2 is 0.402 bits per heavy atom. The van der Waals surface area contributed by atoms with Crippen LogP contribution < -0.4 is 0 Å². The topological polar surface area (TPSA) is 0 Å². The molecule has 0 radical (unpaired) electrons. The third-order valence-electron chi connectivity index (χ3n) is 24.1. The number of hydrogen-bond acceptors (Lipinski definition) is 1. The summed E-state index contributed by atoms with van der Waals surface area (Å²) >= 11 is 1.88. The van der Waals surface area contributed by atoms with Crippen molar-refractivity contribution in [2.24, 2.45) is 0 Å². The molecule has 0 aliphatic rings. The van der Waals surface area contributed by atoms with Crippen LogP contribution in [-0.2, 0) is 0 Å². The van der Waals surface area contributed by atoms with Crippen LogP contribution in [0.1, 0.15) is 0 Å². The van der Waals surface area contributed by atoms with Crippen molar-refractivity contribution >= 4 is 150 Å². The van der Waals surface area contributed by atoms with Crippen molar-refractivity contribution in [1.29, 1.82) is 0 Å². The molecule has 1 aromatic heterocycles. The lowest BCUT2D eigenvalue weighted by atomic mass is 9.84. The molecule has 544 valence electrons. The summed E-state index contributed by atoms with van der Waals surface area (Å²) in [6, 6.07) is 164. The van der Waals surface area contributed by atoms with E-state index in [0.29, 0.717) is 0 Å². The van der Waals surface area contributed by atoms with Gasteiger partial charge in [-0.25, -0.2) is 0 Å². The van der Waals surface area contributed by atoms with Crippen molar-refractivity contribution in [1.82, 2.24) is 0 Å². The van der Waals surface area contributed by atoms with Gasteiger partial charge in [0.25, 0.3) is 0 Å². The summed E-state index contributed by atoms with van der Waals surface area (Å²) in [6.45, 7) is 0. The molecular formula is C116H74S. The van der Waals surface area contributed by atoms with Crippen molar-refractivity contribution in [3.63, 3.8) is 0 Å². The van der Waals surface area contributed by atoms with Crippen LogP contribution >= 0.6 is 11.3 Å². The summed E-state index contributed by atoms with van der Waals surface area (Å²) in [5, 5.41) is 30.8. The minimum atomic E-state index is 1.23. The molecule has 0 saturated heterocycles. The second-order valence-electron chi connectivity index (χ2n) is 30.7. The Hall–Kier alpha value is -14.9. The van der Waals surface area contributed by atoms with Crippen molar-refractivity contribution in [2.75, 3.05) is 0 Å². The Bertz CT molecular complexity index is 7940. The zero-order valence-corrected chi connectivity index (χ0v) is 64.9. The largest absolute Gasteiger partial charge is 0.135 e. The van der Waals surface area contributed by atoms with E-state index in [4.69, 9.17) is 0 Å². The number of hydrogen-bond donors (Lipinski definition) is 0. The number of thiophene rings is 1. The van der Waals surface area contributed by atoms with E-state index >= 15 is 0 Å². The van der Waals surface area contributed by atoms with Crippen LogP contribution in [0.15, 0.2) is 449 Å². The lowest BCUT2D eigenvalue weighted by molar-refractivity contribution is 1.63. The molecule has 24 aromatic rings. The van der Waals surface area contributed by atoms with E-state index in [-0.39, 0.29) is 0 Å². The van der Waals surface area contributed by atoms with Crippen LogP contribution in [0.5, 0.6) is 0 Å². The Morgan fingerprint density at radius 1 is 0.120 bits per heavy atom. The zero-order valence-electron chi connectivity index (χ0n) is 64.1. The molecule has 0 aliphatic heterocycles. The molecule has 117 heavy (non-hydrogen) atoms. The normalized spacial score (nSPS) is 11.6. The van der Waals surface area contributed by atoms with Gasteiger partial charge in [-0.3, -0.25) is 0 Å². The molecule has 0 atom stereocenters. The van der Waals surface area contributed by atoms with Crippen molar-refractivity contribution in [3.05, 3.63) is 449 Å². The molecule has 1 heterocycles. The molecule has 0 fully saturated rings. The molecule has 0 nitrogen and oxygen atoms in total. The molecule has 0 N–H and O–H groups in total. The van der Waals surface area contributed by atoms with E-state index in [2.05, 4.69) is 449 Å². The van der Waals surface area contributed by atoms with Gasteiger partial charge < -0.3 is 0 Å². The van der Waals surface area contributed by atoms with Crippen LogP contribution in [0.25, 0.3) is 228 Å². The molecule has 0 aliphatic carbocycles. The summed E-state index contributed by atoms with van der Waals surface area (Å²) in [5.74, 6) is 0. The van der Waals surface area contributed by atoms with Gasteiger partial charge in [-0.15, -0.1) is 11.3 Å². The summed E-state index contributed by atoms with van der Waals surface area (Å²) in [5.41, 5.74) is 20.4. The molecule has 1 heteroatoms. The molecule has 0 spiro atoms. The lowest BCUT2D eigenvalue weighted by Crippen LogP contribution is -1.92. The van der Waals surface area contributed by atoms with E-state index < -0.39 is 0 Å². The maximum absolute atomic E-state index is 2.44. The lowest BCUT2D eigenvalue weighted by Gasteiger charge is -2.19. The number of fused-ring (bicyclic) bond motifs is 14. The maximum Gasteiger partial charge on any atom is 0.0361 e. The molecule has 23 aromatic carbocycles. The van der Waals surface area contributed by atoms with Gasteiger partial charge in [-0.1, -0.05) is 413 Å². The number of rotatable bonds is 8. The minimum absolute atomic E-state index is 1.23. The van der Waals surface area contributed by atoms with Gasteiger partial charge in [-0.2, -0.15) is 0 Å². The smallest absolute Gasteiger partial charge is 0.0361 e. The highest BCUT2D eigenvalue weighted by Gasteiger charge is 2.23. The van der Waals surface area contributed by atoms with Gasteiger partial charge >= 0.3 is 0 Å². The summed E-state index contributed by atoms with van der Waals surface area (Å²) < 4.78 is 2.66. The second kappa shape index (κ2) is 29.3. The van der Waals surface area contributed by atoms with Gasteiger partial charge in [0.15, 0.2) is 0 Å². The Labute approximate surface area is 683 Å². The first kappa shape index (κ1) is 68.9. The Balaban J connectivity index is 0.000000107. The Morgan fingerprint density at radius 3 is 0.863 bits per heavy atom. The highest BCUT2D eigenvalue weighted by molar-refractivity contribution is 7.26. The van der Waals surface area contributed by atoms with Crippen LogP contribution in [0, 0.1) is 0 Å². The van der Waals surface area contributed by atoms with E-state index in [1.54, 1.807) is 0 Å². The summed E-state index contributed by atoms with van der Waals surface area (Å²) in [6.07, 6.45) is 0. The number of benzene rings is 23. The van der Waals surface area contributed by atoms with Gasteiger partial charge in [0.1, 0.15) is 0 Å². The molecule has 0 bridgehead atoms. The summed E-state index contributed by atoms with van der Waals surface area (Å²) in [7, 11) is 0. The molecule has 0 saturated carbocycles. The average molecular weight is 1500 g/mol. The Kier molecular flexibility index (Phi) is 17.2. The second-order valence-corrected chi connectivity index (χ2v) is 31.8. The minimum Gasteiger partial charge on any atom is -0.135 e. The molecule has 0 unspecified atom stereocenters. The first-order valence-corrected chi connectivity index (χ1v) is 41.2. The van der Waals surface area contributed by atoms with E-state index in [1.165, 1.54) is 228 Å². The van der Waals surface area contributed by atoms with Gasteiger partial charge in [0, 0.05) is 20.2 Å². The van der Waals surface area contributed by atoms with Gasteiger partial charge in [0.2, 0.25) is 0 Å². The van der Waals surface area contributed by atoms with Crippen molar-refractivity contribution < 1.29 is 0 Å². The van der Waals surface area contributed by atoms with Crippen LogP contribution in [-0.4, -0.2) is 0 Å². The third kappa shape index (κ3) is 12.1. The average Bonchev–Trinajstić information content (AvgIpc) is 1.08. The fourth-order valence-electron chi connectivity index (χ4n) is 18.8. The van der Waals surface area contributed by atoms with Gasteiger partial charge in [0.05, 0.1) is 0 Å². The van der Waals surface area contributed by atoms with Crippen LogP contribution in [0.4, 0.5) is 0 Å². The molecule has 24 rings (SSSR count). The van der Waals surface area contributed by atoms with E-state index in [9.17, 15) is 0 Å². The van der Waals surface area contributed by atoms with Crippen LogP contribution in [0.2, 0.25) is 0 Å². The van der Waals surface area contributed by atoms with Gasteiger partial charge in [-0.05, 0) is 244 Å². The quantitative estimate of drug-likeness (QED) is 0.133. The predicted molar refractivity (Wildman–Crippen MR) is 508 cm³/mol. The summed E-state index contributed by atoms with van der Waals surface area (Å²) in [4.78, 5) is 0. The fourth-order valence-corrected chi connectivity index (χ4v) is 20.0. The first-order chi connectivity index (χ1) is 58.1. The van der Waals surface area contributed by atoms with E-state index in [0.717, 1.165) is 0 Å². The van der Waals surface area contributed by atoms with E-state index in [1.807, 2.05) is 11.3 Å². The highest BCUT2D eigenvalue weighted by Crippen LogP contribution is 2.51. The molecular weight excluding hydrogens is 1430 g/mol. The first-order valence-electron chi connectivity index (χ1n) is 40.4. The zero-order chi connectivity index (χ0) is 77.3. The maximum atomic E-state index is 2.44. The van der Waals surface area contributed by atoms with Crippen molar-refractivity contribution in [3.8, 4) is 89.0 Å². The monoisotopic (exact) mass is 1500 g/mol. The fraction of sp³-hybridized carbons (Fsp3) is 0. The molecule has 0 amide bonds. The SMILES string of the molecule is c1ccc(-c2c3ccccc3c(-c3ccc4ccccc4c3)c3cc(-c4cccc5sc6ccccc6c45)ccc23)cc1.c1ccc2cc(-c3c4ccccc4c(-c4cccc5ccccc45)c4ccccc34)ccc2c1.c1ccc2cc(-c3ccc(-c4c5ccccc5c(-c5cccc6ccccc56)c5ccccc45)cc3)ccc2c1. The predicted octanol–water partition coefficient (Wildman–Crippen LogP) is 33.4.